The molecule has 2 aromatic heterocycles. The molecule has 100 valence electrons. The van der Waals surface area contributed by atoms with Crippen LogP contribution in [-0.4, -0.2) is 19.9 Å². The van der Waals surface area contributed by atoms with Gasteiger partial charge in [0.1, 0.15) is 5.82 Å². The van der Waals surface area contributed by atoms with Gasteiger partial charge in [0.2, 0.25) is 0 Å². The lowest BCUT2D eigenvalue weighted by atomic mass is 10.1. The molecule has 0 atom stereocenters. The Bertz CT molecular complexity index is 804. The number of aromatic nitrogens is 4. The Labute approximate surface area is 122 Å². The fourth-order valence-electron chi connectivity index (χ4n) is 1.93. The van der Waals surface area contributed by atoms with E-state index in [0.717, 1.165) is 11.1 Å². The van der Waals surface area contributed by atoms with Crippen LogP contribution in [0.4, 0.5) is 0 Å². The van der Waals surface area contributed by atoms with Crippen molar-refractivity contribution in [2.75, 3.05) is 0 Å². The average molecular weight is 273 g/mol. The van der Waals surface area contributed by atoms with Crippen molar-refractivity contribution in [1.82, 2.24) is 19.9 Å². The predicted molar refractivity (Wildman–Crippen MR) is 77.9 cm³/mol. The van der Waals surface area contributed by atoms with E-state index in [4.69, 9.17) is 5.26 Å². The van der Waals surface area contributed by atoms with Crippen LogP contribution in [0.15, 0.2) is 48.8 Å². The van der Waals surface area contributed by atoms with Crippen molar-refractivity contribution in [3.8, 4) is 28.8 Å². The minimum atomic E-state index is 0.596. The van der Waals surface area contributed by atoms with Crippen LogP contribution in [0.3, 0.4) is 0 Å². The van der Waals surface area contributed by atoms with Gasteiger partial charge in [0.05, 0.1) is 11.6 Å². The molecule has 0 unspecified atom stereocenters. The normalized spacial score (nSPS) is 10.1. The number of nitrogens with zero attached hydrogens (tertiary/aromatic N) is 5. The molecule has 0 N–H and O–H groups in total. The molecule has 0 fully saturated rings. The zero-order valence-corrected chi connectivity index (χ0v) is 11.4. The minimum absolute atomic E-state index is 0.596. The highest BCUT2D eigenvalue weighted by Crippen LogP contribution is 2.19. The molecule has 5 nitrogen and oxygen atoms in total. The molecule has 3 rings (SSSR count). The van der Waals surface area contributed by atoms with Crippen LogP contribution in [0, 0.1) is 18.3 Å². The van der Waals surface area contributed by atoms with E-state index in [1.165, 1.54) is 0 Å². The standard InChI is InChI=1S/C16H11N5/c1-11-19-15(13-4-2-12(10-17)3-5-13)21-16(20-11)14-6-8-18-9-7-14/h2-9H,1H3. The molecule has 0 amide bonds. The first-order valence-corrected chi connectivity index (χ1v) is 6.40. The molecule has 0 saturated heterocycles. The molecule has 0 bridgehead atoms. The highest BCUT2D eigenvalue weighted by Gasteiger charge is 2.08. The molecule has 5 heteroatoms. The second kappa shape index (κ2) is 5.47. The van der Waals surface area contributed by atoms with E-state index in [1.807, 2.05) is 31.2 Å². The van der Waals surface area contributed by atoms with Crippen LogP contribution in [0.2, 0.25) is 0 Å². The van der Waals surface area contributed by atoms with Gasteiger partial charge in [0.25, 0.3) is 0 Å². The summed E-state index contributed by atoms with van der Waals surface area (Å²) in [5.74, 6) is 1.86. The van der Waals surface area contributed by atoms with Gasteiger partial charge in [-0.15, -0.1) is 0 Å². The largest absolute Gasteiger partial charge is 0.265 e. The fourth-order valence-corrected chi connectivity index (χ4v) is 1.93. The van der Waals surface area contributed by atoms with Crippen LogP contribution < -0.4 is 0 Å². The topological polar surface area (TPSA) is 75.3 Å². The molecular formula is C16H11N5. The number of nitriles is 1. The maximum absolute atomic E-state index is 8.84. The van der Waals surface area contributed by atoms with Gasteiger partial charge in [0, 0.05) is 23.5 Å². The van der Waals surface area contributed by atoms with Gasteiger partial charge in [0.15, 0.2) is 11.6 Å². The highest BCUT2D eigenvalue weighted by molar-refractivity contribution is 5.61. The van der Waals surface area contributed by atoms with Crippen molar-refractivity contribution >= 4 is 0 Å². The lowest BCUT2D eigenvalue weighted by Crippen LogP contribution is -1.99. The van der Waals surface area contributed by atoms with Crippen molar-refractivity contribution in [2.24, 2.45) is 0 Å². The quantitative estimate of drug-likeness (QED) is 0.717. The summed E-state index contributed by atoms with van der Waals surface area (Å²) in [5.41, 5.74) is 2.36. The van der Waals surface area contributed by atoms with E-state index < -0.39 is 0 Å². The first kappa shape index (κ1) is 12.9. The van der Waals surface area contributed by atoms with Gasteiger partial charge in [-0.3, -0.25) is 4.98 Å². The van der Waals surface area contributed by atoms with Gasteiger partial charge >= 0.3 is 0 Å². The van der Waals surface area contributed by atoms with E-state index in [1.54, 1.807) is 24.5 Å². The Morgan fingerprint density at radius 2 is 1.38 bits per heavy atom. The summed E-state index contributed by atoms with van der Waals surface area (Å²) in [4.78, 5) is 17.2. The maximum Gasteiger partial charge on any atom is 0.163 e. The molecule has 1 aromatic carbocycles. The Morgan fingerprint density at radius 1 is 0.810 bits per heavy atom. The zero-order valence-electron chi connectivity index (χ0n) is 11.4. The minimum Gasteiger partial charge on any atom is -0.265 e. The van der Waals surface area contributed by atoms with E-state index in [9.17, 15) is 0 Å². The summed E-state index contributed by atoms with van der Waals surface area (Å²) < 4.78 is 0. The SMILES string of the molecule is Cc1nc(-c2ccncc2)nc(-c2ccc(C#N)cc2)n1. The number of hydrogen-bond donors (Lipinski definition) is 0. The molecule has 0 aliphatic carbocycles. The summed E-state index contributed by atoms with van der Waals surface area (Å²) >= 11 is 0. The third-order valence-electron chi connectivity index (χ3n) is 2.96. The van der Waals surface area contributed by atoms with Crippen LogP contribution in [0.1, 0.15) is 11.4 Å². The smallest absolute Gasteiger partial charge is 0.163 e. The molecule has 21 heavy (non-hydrogen) atoms. The predicted octanol–water partition coefficient (Wildman–Crippen LogP) is 2.78. The van der Waals surface area contributed by atoms with Crippen LogP contribution in [0.25, 0.3) is 22.8 Å². The molecule has 0 radical (unpaired) electrons. The Kier molecular flexibility index (Phi) is 3.36. The summed E-state index contributed by atoms with van der Waals surface area (Å²) in [5, 5.41) is 8.84. The number of rotatable bonds is 2. The molecule has 0 aliphatic rings. The first-order valence-electron chi connectivity index (χ1n) is 6.40. The zero-order chi connectivity index (χ0) is 14.7. The molecule has 2 heterocycles. The van der Waals surface area contributed by atoms with Crippen LogP contribution >= 0.6 is 0 Å². The van der Waals surface area contributed by atoms with Crippen molar-refractivity contribution in [3.63, 3.8) is 0 Å². The summed E-state index contributed by atoms with van der Waals surface area (Å²) in [6.45, 7) is 1.83. The van der Waals surface area contributed by atoms with Gasteiger partial charge in [-0.05, 0) is 43.3 Å². The molecule has 0 saturated carbocycles. The lowest BCUT2D eigenvalue weighted by molar-refractivity contribution is 0.991. The number of benzene rings is 1. The summed E-state index contributed by atoms with van der Waals surface area (Å²) in [6, 6.07) is 13.0. The van der Waals surface area contributed by atoms with Gasteiger partial charge in [-0.2, -0.15) is 5.26 Å². The van der Waals surface area contributed by atoms with Crippen LogP contribution in [-0.2, 0) is 0 Å². The Morgan fingerprint density at radius 3 is 1.95 bits per heavy atom. The molecular weight excluding hydrogens is 262 g/mol. The van der Waals surface area contributed by atoms with Gasteiger partial charge < -0.3 is 0 Å². The van der Waals surface area contributed by atoms with E-state index in [2.05, 4.69) is 26.0 Å². The monoisotopic (exact) mass is 273 g/mol. The fraction of sp³-hybridized carbons (Fsp3) is 0.0625. The third-order valence-corrected chi connectivity index (χ3v) is 2.96. The van der Waals surface area contributed by atoms with Crippen molar-refractivity contribution in [2.45, 2.75) is 6.92 Å². The van der Waals surface area contributed by atoms with E-state index in [-0.39, 0.29) is 0 Å². The second-order valence-corrected chi connectivity index (χ2v) is 4.45. The van der Waals surface area contributed by atoms with Crippen LogP contribution in [0.5, 0.6) is 0 Å². The maximum atomic E-state index is 8.84. The van der Waals surface area contributed by atoms with Crippen molar-refractivity contribution in [1.29, 1.82) is 5.26 Å². The summed E-state index contributed by atoms with van der Waals surface area (Å²) in [6.07, 6.45) is 3.41. The number of pyridine rings is 1. The molecule has 0 spiro atoms. The average Bonchev–Trinajstić information content (AvgIpc) is 2.55. The lowest BCUT2D eigenvalue weighted by Gasteiger charge is -2.05. The first-order chi connectivity index (χ1) is 10.3. The highest BCUT2D eigenvalue weighted by atomic mass is 15.0. The van der Waals surface area contributed by atoms with Gasteiger partial charge in [-0.25, -0.2) is 15.0 Å². The Hall–Kier alpha value is -3.13. The number of aryl methyl sites for hydroxylation is 1. The molecule has 0 aliphatic heterocycles. The second-order valence-electron chi connectivity index (χ2n) is 4.45. The Balaban J connectivity index is 2.07. The van der Waals surface area contributed by atoms with E-state index in [0.29, 0.717) is 23.0 Å². The molecule has 3 aromatic rings. The van der Waals surface area contributed by atoms with Crippen molar-refractivity contribution < 1.29 is 0 Å². The number of hydrogen-bond acceptors (Lipinski definition) is 5. The van der Waals surface area contributed by atoms with E-state index >= 15 is 0 Å². The third kappa shape index (κ3) is 2.74. The van der Waals surface area contributed by atoms with Gasteiger partial charge in [-0.1, -0.05) is 0 Å². The summed E-state index contributed by atoms with van der Waals surface area (Å²) in [7, 11) is 0. The van der Waals surface area contributed by atoms with Crippen molar-refractivity contribution in [3.05, 3.63) is 60.2 Å².